The van der Waals surface area contributed by atoms with Crippen LogP contribution in [0.4, 0.5) is 0 Å². The molecule has 0 N–H and O–H groups in total. The molecule has 0 atom stereocenters. The van der Waals surface area contributed by atoms with Crippen molar-refractivity contribution in [2.75, 3.05) is 28.2 Å². The molecule has 1 radical (unpaired) electrons. The van der Waals surface area contributed by atoms with E-state index in [1.54, 1.807) is 28.2 Å². The van der Waals surface area contributed by atoms with E-state index in [2.05, 4.69) is 29.9 Å². The van der Waals surface area contributed by atoms with Crippen LogP contribution < -0.4 is 0 Å². The van der Waals surface area contributed by atoms with Gasteiger partial charge >= 0.3 is 33.2 Å². The molecule has 2 aromatic rings. The standard InChI is InChI=1S/2C11H15N3.CH3.2ClH.2Co/c2*1-8(12-3)10-6-5-7-11(14-10)9(2)13-4;;;;;/h2*5-7H,1-4H3;1H3;2*1H;;/q;;-1;;;;+2/p-2. The van der Waals surface area contributed by atoms with Crippen LogP contribution in [0.2, 0.25) is 0 Å². The van der Waals surface area contributed by atoms with Crippen LogP contribution in [-0.4, -0.2) is 61.0 Å². The number of nitrogens with zero attached hydrogens (tertiary/aromatic N) is 6. The van der Waals surface area contributed by atoms with Gasteiger partial charge in [0.25, 0.3) is 0 Å². The fourth-order valence-corrected chi connectivity index (χ4v) is 2.13. The number of aromatic nitrogens is 2. The topological polar surface area (TPSA) is 75.2 Å². The fraction of sp³-hybridized carbons (Fsp3) is 0.348. The number of aliphatic imine (C=N–C) groups is 4. The summed E-state index contributed by atoms with van der Waals surface area (Å²) in [6.07, 6.45) is 0. The Hall–Kier alpha value is -1.43. The van der Waals surface area contributed by atoms with Gasteiger partial charge in [-0.3, -0.25) is 20.0 Å². The molecule has 2 rings (SSSR count). The third kappa shape index (κ3) is 13.8. The van der Waals surface area contributed by atoms with Gasteiger partial charge in [-0.1, -0.05) is 12.1 Å². The smallest absolute Gasteiger partial charge is 0 e. The second-order valence-corrected chi connectivity index (χ2v) is 7.82. The van der Waals surface area contributed by atoms with Crippen molar-refractivity contribution >= 4 is 43.1 Å². The molecule has 0 unspecified atom stereocenters. The molecule has 0 saturated heterocycles. The normalized spacial score (nSPS) is 11.8. The Labute approximate surface area is 224 Å². The van der Waals surface area contributed by atoms with Crippen LogP contribution in [0.25, 0.3) is 0 Å². The number of hydrogen-bond acceptors (Lipinski definition) is 6. The summed E-state index contributed by atoms with van der Waals surface area (Å²) in [6.45, 7) is 7.80. The zero-order valence-corrected chi connectivity index (χ0v) is 24.2. The predicted molar refractivity (Wildman–Crippen MR) is 139 cm³/mol. The monoisotopic (exact) mass is 581 g/mol. The minimum atomic E-state index is 0. The Morgan fingerprint density at radius 2 is 0.788 bits per heavy atom. The Balaban J connectivity index is -0.000000462. The molecule has 6 nitrogen and oxygen atoms in total. The Morgan fingerprint density at radius 3 is 0.939 bits per heavy atom. The predicted octanol–water partition coefficient (Wildman–Crippen LogP) is 5.74. The molecule has 33 heavy (non-hydrogen) atoms. The minimum Gasteiger partial charge on any atom is 0 e. The van der Waals surface area contributed by atoms with Crippen LogP contribution in [0.15, 0.2) is 56.4 Å². The van der Waals surface area contributed by atoms with E-state index in [9.17, 15) is 0 Å². The van der Waals surface area contributed by atoms with Crippen LogP contribution >= 0.6 is 20.3 Å². The molecule has 0 aliphatic rings. The number of hydrogen-bond donors (Lipinski definition) is 0. The van der Waals surface area contributed by atoms with Gasteiger partial charge in [-0.2, -0.15) is 0 Å². The first-order chi connectivity index (χ1) is 14.8. The Kier molecular flexibility index (Phi) is 23.1. The van der Waals surface area contributed by atoms with E-state index >= 15 is 0 Å². The van der Waals surface area contributed by atoms with Gasteiger partial charge in [0.15, 0.2) is 0 Å². The maximum Gasteiger partial charge on any atom is 0 e. The van der Waals surface area contributed by atoms with Gasteiger partial charge in [-0.25, -0.2) is 9.97 Å². The summed E-state index contributed by atoms with van der Waals surface area (Å²) < 4.78 is 0. The molecule has 2 aromatic heterocycles. The summed E-state index contributed by atoms with van der Waals surface area (Å²) in [7, 11) is 16.5. The van der Waals surface area contributed by atoms with E-state index in [4.69, 9.17) is 20.3 Å². The third-order valence-electron chi connectivity index (χ3n) is 4.32. The van der Waals surface area contributed by atoms with Gasteiger partial charge < -0.3 is 7.43 Å². The zero-order valence-electron chi connectivity index (χ0n) is 20.6. The molecule has 0 aromatic carbocycles. The first kappa shape index (κ1) is 36.1. The summed E-state index contributed by atoms with van der Waals surface area (Å²) in [6, 6.07) is 11.8. The molecule has 2 heterocycles. The number of pyridine rings is 2. The van der Waals surface area contributed by atoms with Gasteiger partial charge in [-0.05, 0) is 52.0 Å². The second-order valence-electron chi connectivity index (χ2n) is 6.10. The molecule has 0 fully saturated rings. The van der Waals surface area contributed by atoms with Crippen LogP contribution in [-0.2, 0) is 29.7 Å². The van der Waals surface area contributed by atoms with Crippen LogP contribution in [0.5, 0.6) is 0 Å². The molecule has 188 valence electrons. The van der Waals surface area contributed by atoms with E-state index in [-0.39, 0.29) is 24.2 Å². The van der Waals surface area contributed by atoms with E-state index in [0.29, 0.717) is 12.9 Å². The summed E-state index contributed by atoms with van der Waals surface area (Å²) in [5, 5.41) is 0. The van der Waals surface area contributed by atoms with Crippen molar-refractivity contribution in [1.29, 1.82) is 0 Å². The molecular weight excluding hydrogens is 549 g/mol. The van der Waals surface area contributed by atoms with Crippen LogP contribution in [0.1, 0.15) is 50.5 Å². The van der Waals surface area contributed by atoms with Crippen LogP contribution in [0.3, 0.4) is 0 Å². The van der Waals surface area contributed by atoms with Gasteiger partial charge in [0, 0.05) is 45.0 Å². The minimum absolute atomic E-state index is 0. The largest absolute Gasteiger partial charge is 0 e. The Bertz CT molecular complexity index is 802. The molecule has 0 saturated carbocycles. The molecule has 10 heteroatoms. The van der Waals surface area contributed by atoms with Crippen molar-refractivity contribution in [3.8, 4) is 0 Å². The molecule has 0 bridgehead atoms. The average Bonchev–Trinajstić information content (AvgIpc) is 2.82. The fourth-order valence-electron chi connectivity index (χ4n) is 2.13. The SMILES string of the molecule is CN=C(C)c1cccc(C(C)=NC)n1.CN=C(C)c1cccc(C(C)=NC)n1.[CH3-].[Cl][Co][Cl].[Co]. The van der Waals surface area contributed by atoms with Crippen molar-refractivity contribution in [1.82, 2.24) is 9.97 Å². The Morgan fingerprint density at radius 1 is 0.606 bits per heavy atom. The number of rotatable bonds is 4. The van der Waals surface area contributed by atoms with E-state index in [1.165, 1.54) is 0 Å². The van der Waals surface area contributed by atoms with Gasteiger partial charge in [-0.15, -0.1) is 0 Å². The van der Waals surface area contributed by atoms with Gasteiger partial charge in [0.05, 0.1) is 45.6 Å². The summed E-state index contributed by atoms with van der Waals surface area (Å²) in [5.41, 5.74) is 7.40. The molecule has 0 aliphatic heterocycles. The van der Waals surface area contributed by atoms with E-state index in [1.807, 2.05) is 64.1 Å². The van der Waals surface area contributed by atoms with Gasteiger partial charge in [0.1, 0.15) is 0 Å². The van der Waals surface area contributed by atoms with E-state index in [0.717, 1.165) is 45.6 Å². The maximum absolute atomic E-state index is 4.73. The van der Waals surface area contributed by atoms with Crippen molar-refractivity contribution < 1.29 is 29.7 Å². The molecule has 0 spiro atoms. The van der Waals surface area contributed by atoms with Crippen molar-refractivity contribution in [2.24, 2.45) is 20.0 Å². The van der Waals surface area contributed by atoms with Crippen molar-refractivity contribution in [2.45, 2.75) is 27.7 Å². The second kappa shape index (κ2) is 21.1. The van der Waals surface area contributed by atoms with Crippen molar-refractivity contribution in [3.63, 3.8) is 0 Å². The zero-order chi connectivity index (χ0) is 23.8. The molecular formula is C23H33Cl2Co2N6-. The average molecular weight is 582 g/mol. The first-order valence-corrected chi connectivity index (χ1v) is 12.2. The summed E-state index contributed by atoms with van der Waals surface area (Å²) in [5.74, 6) is 0. The maximum atomic E-state index is 4.73. The molecule has 0 amide bonds. The van der Waals surface area contributed by atoms with E-state index < -0.39 is 0 Å². The van der Waals surface area contributed by atoms with Crippen molar-refractivity contribution in [3.05, 3.63) is 66.6 Å². The summed E-state index contributed by atoms with van der Waals surface area (Å²) in [4.78, 5) is 25.3. The first-order valence-electron chi connectivity index (χ1n) is 9.32. The number of halogens is 2. The quantitative estimate of drug-likeness (QED) is 0.341. The third-order valence-corrected chi connectivity index (χ3v) is 4.32. The van der Waals surface area contributed by atoms with Gasteiger partial charge in [0.2, 0.25) is 0 Å². The van der Waals surface area contributed by atoms with Crippen LogP contribution in [0, 0.1) is 7.43 Å². The summed E-state index contributed by atoms with van der Waals surface area (Å²) >= 11 is 0.382. The molecule has 0 aliphatic carbocycles.